The predicted octanol–water partition coefficient (Wildman–Crippen LogP) is 2.77. The van der Waals surface area contributed by atoms with Crippen LogP contribution in [0.3, 0.4) is 0 Å². The number of aryl methyl sites for hydroxylation is 2. The average molecular weight is 349 g/mol. The molecule has 0 aliphatic carbocycles. The van der Waals surface area contributed by atoms with Crippen molar-refractivity contribution in [1.82, 2.24) is 20.1 Å². The van der Waals surface area contributed by atoms with E-state index in [1.807, 2.05) is 43.6 Å². The Labute approximate surface area is 153 Å². The summed E-state index contributed by atoms with van der Waals surface area (Å²) >= 11 is 0. The second-order valence-electron chi connectivity index (χ2n) is 6.12. The van der Waals surface area contributed by atoms with E-state index < -0.39 is 0 Å². The first-order chi connectivity index (χ1) is 12.7. The molecule has 1 aromatic carbocycles. The van der Waals surface area contributed by atoms with Crippen molar-refractivity contribution in [2.75, 3.05) is 11.9 Å². The second kappa shape index (κ2) is 8.40. The molecule has 2 N–H and O–H groups in total. The maximum Gasteiger partial charge on any atom is 0.238 e. The molecule has 0 unspecified atom stereocenters. The normalized spacial score (nSPS) is 10.7. The number of aromatic nitrogens is 3. The van der Waals surface area contributed by atoms with Gasteiger partial charge in [0.15, 0.2) is 0 Å². The van der Waals surface area contributed by atoms with Crippen LogP contribution < -0.4 is 10.6 Å². The van der Waals surface area contributed by atoms with Gasteiger partial charge in [0.2, 0.25) is 5.91 Å². The Morgan fingerprint density at radius 3 is 2.88 bits per heavy atom. The molecule has 0 aliphatic rings. The highest BCUT2D eigenvalue weighted by molar-refractivity contribution is 5.92. The zero-order chi connectivity index (χ0) is 18.4. The van der Waals surface area contributed by atoms with Crippen molar-refractivity contribution in [3.8, 4) is 11.3 Å². The molecule has 2 aromatic heterocycles. The molecule has 0 saturated heterocycles. The number of benzene rings is 1. The number of hydrogen-bond donors (Lipinski definition) is 2. The van der Waals surface area contributed by atoms with Crippen molar-refractivity contribution < 1.29 is 4.79 Å². The third-order valence-corrected chi connectivity index (χ3v) is 4.06. The van der Waals surface area contributed by atoms with Gasteiger partial charge in [-0.15, -0.1) is 0 Å². The number of anilines is 1. The number of hydrogen-bond acceptors (Lipinski definition) is 4. The Hall–Kier alpha value is -2.99. The van der Waals surface area contributed by atoms with E-state index >= 15 is 0 Å². The quantitative estimate of drug-likeness (QED) is 0.688. The maximum absolute atomic E-state index is 12.2. The third-order valence-electron chi connectivity index (χ3n) is 4.06. The van der Waals surface area contributed by atoms with Crippen molar-refractivity contribution in [2.24, 2.45) is 7.05 Å². The van der Waals surface area contributed by atoms with Crippen LogP contribution in [0.2, 0.25) is 0 Å². The van der Waals surface area contributed by atoms with Crippen LogP contribution in [0.1, 0.15) is 18.1 Å². The van der Waals surface area contributed by atoms with Crippen molar-refractivity contribution >= 4 is 11.6 Å². The van der Waals surface area contributed by atoms with E-state index in [2.05, 4.69) is 33.7 Å². The van der Waals surface area contributed by atoms with Gasteiger partial charge in [-0.25, -0.2) is 0 Å². The summed E-state index contributed by atoms with van der Waals surface area (Å²) in [5.41, 5.74) is 4.90. The second-order valence-corrected chi connectivity index (χ2v) is 6.12. The number of rotatable bonds is 7. The van der Waals surface area contributed by atoms with Gasteiger partial charge in [0.1, 0.15) is 0 Å². The number of carbonyl (C=O) groups excluding carboxylic acids is 1. The summed E-state index contributed by atoms with van der Waals surface area (Å²) in [5, 5.41) is 10.6. The molecule has 0 aliphatic heterocycles. The lowest BCUT2D eigenvalue weighted by Crippen LogP contribution is -2.27. The molecule has 0 bridgehead atoms. The van der Waals surface area contributed by atoms with Crippen LogP contribution in [0.5, 0.6) is 0 Å². The highest BCUT2D eigenvalue weighted by Crippen LogP contribution is 2.20. The number of amides is 1. The summed E-state index contributed by atoms with van der Waals surface area (Å²) < 4.78 is 1.77. The monoisotopic (exact) mass is 349 g/mol. The summed E-state index contributed by atoms with van der Waals surface area (Å²) in [6.45, 7) is 2.88. The number of carbonyl (C=O) groups is 1. The predicted molar refractivity (Wildman–Crippen MR) is 103 cm³/mol. The molecule has 3 aromatic rings. The minimum atomic E-state index is -0.0647. The summed E-state index contributed by atoms with van der Waals surface area (Å²) in [5.74, 6) is -0.0647. The van der Waals surface area contributed by atoms with E-state index in [-0.39, 0.29) is 12.5 Å². The summed E-state index contributed by atoms with van der Waals surface area (Å²) in [4.78, 5) is 16.3. The molecule has 3 rings (SSSR count). The van der Waals surface area contributed by atoms with Gasteiger partial charge in [0, 0.05) is 49.0 Å². The van der Waals surface area contributed by atoms with Crippen LogP contribution in [0.25, 0.3) is 11.3 Å². The SMILES string of the molecule is CCc1cccc(NC(=O)CNCc2cn(C)nc2-c2cccnc2)c1. The number of nitrogens with zero attached hydrogens (tertiary/aromatic N) is 3. The van der Waals surface area contributed by atoms with Gasteiger partial charge >= 0.3 is 0 Å². The number of nitrogens with one attached hydrogen (secondary N) is 2. The summed E-state index contributed by atoms with van der Waals surface area (Å²) in [6, 6.07) is 11.8. The van der Waals surface area contributed by atoms with Gasteiger partial charge < -0.3 is 10.6 Å². The van der Waals surface area contributed by atoms with Gasteiger partial charge in [0.25, 0.3) is 0 Å². The molecule has 0 saturated carbocycles. The number of pyridine rings is 1. The fourth-order valence-corrected chi connectivity index (χ4v) is 2.80. The van der Waals surface area contributed by atoms with E-state index in [0.717, 1.165) is 28.9 Å². The highest BCUT2D eigenvalue weighted by atomic mass is 16.1. The van der Waals surface area contributed by atoms with E-state index in [4.69, 9.17) is 0 Å². The molecular weight excluding hydrogens is 326 g/mol. The van der Waals surface area contributed by atoms with Crippen molar-refractivity contribution in [2.45, 2.75) is 19.9 Å². The zero-order valence-electron chi connectivity index (χ0n) is 15.1. The molecule has 1 amide bonds. The maximum atomic E-state index is 12.2. The van der Waals surface area contributed by atoms with Gasteiger partial charge in [-0.1, -0.05) is 19.1 Å². The largest absolute Gasteiger partial charge is 0.325 e. The van der Waals surface area contributed by atoms with Crippen LogP contribution in [0, 0.1) is 0 Å². The van der Waals surface area contributed by atoms with E-state index in [9.17, 15) is 4.79 Å². The van der Waals surface area contributed by atoms with Crippen LogP contribution in [0.4, 0.5) is 5.69 Å². The van der Waals surface area contributed by atoms with Crippen molar-refractivity contribution in [3.05, 3.63) is 66.1 Å². The smallest absolute Gasteiger partial charge is 0.238 e. The first kappa shape index (κ1) is 17.8. The molecule has 134 valence electrons. The van der Waals surface area contributed by atoms with Gasteiger partial charge in [-0.05, 0) is 36.2 Å². The summed E-state index contributed by atoms with van der Waals surface area (Å²) in [6.07, 6.45) is 6.43. The van der Waals surface area contributed by atoms with E-state index in [0.29, 0.717) is 6.54 Å². The van der Waals surface area contributed by atoms with Gasteiger partial charge in [0.05, 0.1) is 12.2 Å². The van der Waals surface area contributed by atoms with Crippen molar-refractivity contribution in [3.63, 3.8) is 0 Å². The standard InChI is InChI=1S/C20H23N5O/c1-3-15-6-4-8-18(10-15)23-19(26)13-22-12-17-14-25(2)24-20(17)16-7-5-9-21-11-16/h4-11,14,22H,3,12-13H2,1-2H3,(H,23,26). The average Bonchev–Trinajstić information content (AvgIpc) is 3.03. The molecule has 6 heteroatoms. The first-order valence-electron chi connectivity index (χ1n) is 8.68. The molecule has 0 fully saturated rings. The topological polar surface area (TPSA) is 71.8 Å². The third kappa shape index (κ3) is 4.55. The fraction of sp³-hybridized carbons (Fsp3) is 0.250. The minimum Gasteiger partial charge on any atom is -0.325 e. The molecule has 0 radical (unpaired) electrons. The Kier molecular flexibility index (Phi) is 5.76. The molecule has 2 heterocycles. The first-order valence-corrected chi connectivity index (χ1v) is 8.68. The molecule has 0 spiro atoms. The van der Waals surface area contributed by atoms with Gasteiger partial charge in [-0.2, -0.15) is 5.10 Å². The Morgan fingerprint density at radius 2 is 2.12 bits per heavy atom. The van der Waals surface area contributed by atoms with Gasteiger partial charge in [-0.3, -0.25) is 14.5 Å². The molecule has 6 nitrogen and oxygen atoms in total. The lowest BCUT2D eigenvalue weighted by Gasteiger charge is -2.08. The summed E-state index contributed by atoms with van der Waals surface area (Å²) in [7, 11) is 1.89. The van der Waals surface area contributed by atoms with E-state index in [1.54, 1.807) is 17.1 Å². The Morgan fingerprint density at radius 1 is 1.23 bits per heavy atom. The van der Waals surface area contributed by atoms with Crippen LogP contribution in [-0.2, 0) is 24.8 Å². The molecular formula is C20H23N5O. The lowest BCUT2D eigenvalue weighted by molar-refractivity contribution is -0.115. The van der Waals surface area contributed by atoms with E-state index in [1.165, 1.54) is 5.56 Å². The zero-order valence-corrected chi connectivity index (χ0v) is 15.1. The Balaban J connectivity index is 1.57. The van der Waals surface area contributed by atoms with Crippen LogP contribution in [0.15, 0.2) is 55.0 Å². The Bertz CT molecular complexity index is 873. The fourth-order valence-electron chi connectivity index (χ4n) is 2.80. The molecule has 26 heavy (non-hydrogen) atoms. The van der Waals surface area contributed by atoms with Crippen molar-refractivity contribution in [1.29, 1.82) is 0 Å². The molecule has 0 atom stereocenters. The van der Waals surface area contributed by atoms with Crippen LogP contribution >= 0.6 is 0 Å². The van der Waals surface area contributed by atoms with Crippen LogP contribution in [-0.4, -0.2) is 27.2 Å². The lowest BCUT2D eigenvalue weighted by atomic mass is 10.1. The highest BCUT2D eigenvalue weighted by Gasteiger charge is 2.11. The minimum absolute atomic E-state index is 0.0647.